The Bertz CT molecular complexity index is 700. The van der Waals surface area contributed by atoms with Gasteiger partial charge in [-0.05, 0) is 18.2 Å². The maximum absolute atomic E-state index is 12.7. The van der Waals surface area contributed by atoms with Crippen LogP contribution in [-0.2, 0) is 12.4 Å². The van der Waals surface area contributed by atoms with Crippen molar-refractivity contribution in [1.82, 2.24) is 9.97 Å². The van der Waals surface area contributed by atoms with Gasteiger partial charge in [-0.25, -0.2) is 9.97 Å². The number of benzene rings is 1. The molecule has 0 bridgehead atoms. The number of hydrogen-bond acceptors (Lipinski definition) is 4. The first-order valence-electron chi connectivity index (χ1n) is 5.98. The van der Waals surface area contributed by atoms with Gasteiger partial charge in [0.05, 0.1) is 11.3 Å². The lowest BCUT2D eigenvalue weighted by Gasteiger charge is -2.11. The fourth-order valence-electron chi connectivity index (χ4n) is 1.70. The van der Waals surface area contributed by atoms with Crippen LogP contribution in [0.4, 0.5) is 26.3 Å². The standard InChI is InChI=1S/C12H7BF6N2O2/c14-11(15,16)7-3-1-6(2-4-7)8-5-9(12(17,18)19)21-10(20-8)13(22)23/h1-5,22-23H. The summed E-state index contributed by atoms with van der Waals surface area (Å²) < 4.78 is 75.7. The lowest BCUT2D eigenvalue weighted by molar-refractivity contribution is -0.141. The SMILES string of the molecule is OB(O)c1nc(-c2ccc(C(F)(F)F)cc2)cc(C(F)(F)F)n1. The average molecular weight is 336 g/mol. The number of nitrogens with zero attached hydrogens (tertiary/aromatic N) is 2. The highest BCUT2D eigenvalue weighted by atomic mass is 19.4. The van der Waals surface area contributed by atoms with E-state index in [4.69, 9.17) is 10.0 Å². The minimum Gasteiger partial charge on any atom is -0.421 e. The van der Waals surface area contributed by atoms with Crippen LogP contribution >= 0.6 is 0 Å². The molecule has 1 aromatic heterocycles. The summed E-state index contributed by atoms with van der Waals surface area (Å²) >= 11 is 0. The van der Waals surface area contributed by atoms with Crippen molar-refractivity contribution in [2.75, 3.05) is 0 Å². The number of alkyl halides is 6. The maximum Gasteiger partial charge on any atom is 0.528 e. The van der Waals surface area contributed by atoms with E-state index in [1.165, 1.54) is 0 Å². The van der Waals surface area contributed by atoms with Crippen molar-refractivity contribution in [3.63, 3.8) is 0 Å². The summed E-state index contributed by atoms with van der Waals surface area (Å²) in [4.78, 5) is 6.49. The molecule has 0 saturated heterocycles. The number of rotatable bonds is 2. The van der Waals surface area contributed by atoms with E-state index in [0.29, 0.717) is 18.2 Å². The van der Waals surface area contributed by atoms with Gasteiger partial charge < -0.3 is 10.0 Å². The van der Waals surface area contributed by atoms with Crippen molar-refractivity contribution in [2.45, 2.75) is 12.4 Å². The third-order valence-corrected chi connectivity index (χ3v) is 2.77. The predicted molar refractivity (Wildman–Crippen MR) is 67.3 cm³/mol. The molecule has 0 fully saturated rings. The van der Waals surface area contributed by atoms with Crippen LogP contribution in [0.1, 0.15) is 11.3 Å². The third-order valence-electron chi connectivity index (χ3n) is 2.77. The van der Waals surface area contributed by atoms with Crippen molar-refractivity contribution in [2.24, 2.45) is 0 Å². The Labute approximate surface area is 125 Å². The predicted octanol–water partition coefficient (Wildman–Crippen LogP) is 1.86. The summed E-state index contributed by atoms with van der Waals surface area (Å²) in [6.45, 7) is 0. The Hall–Kier alpha value is -2.14. The monoisotopic (exact) mass is 336 g/mol. The van der Waals surface area contributed by atoms with Gasteiger partial charge in [0.1, 0.15) is 5.69 Å². The topological polar surface area (TPSA) is 66.2 Å². The van der Waals surface area contributed by atoms with E-state index in [1.807, 2.05) is 0 Å². The number of aromatic nitrogens is 2. The van der Waals surface area contributed by atoms with Crippen LogP contribution in [0.2, 0.25) is 0 Å². The van der Waals surface area contributed by atoms with E-state index in [1.54, 1.807) is 0 Å². The minimum atomic E-state index is -4.88. The Morgan fingerprint density at radius 2 is 1.39 bits per heavy atom. The maximum atomic E-state index is 12.7. The molecule has 1 aromatic carbocycles. The van der Waals surface area contributed by atoms with Gasteiger partial charge in [-0.2, -0.15) is 26.3 Å². The largest absolute Gasteiger partial charge is 0.528 e. The van der Waals surface area contributed by atoms with E-state index in [-0.39, 0.29) is 11.3 Å². The summed E-state index contributed by atoms with van der Waals surface area (Å²) in [6.07, 6.45) is -9.47. The molecule has 2 aromatic rings. The molecule has 23 heavy (non-hydrogen) atoms. The fourth-order valence-corrected chi connectivity index (χ4v) is 1.70. The summed E-state index contributed by atoms with van der Waals surface area (Å²) in [7, 11) is -2.36. The first-order valence-corrected chi connectivity index (χ1v) is 5.98. The molecule has 4 nitrogen and oxygen atoms in total. The van der Waals surface area contributed by atoms with Gasteiger partial charge in [-0.15, -0.1) is 0 Å². The lowest BCUT2D eigenvalue weighted by atomic mass is 9.90. The van der Waals surface area contributed by atoms with E-state index in [0.717, 1.165) is 12.1 Å². The van der Waals surface area contributed by atoms with E-state index in [9.17, 15) is 26.3 Å². The first kappa shape index (κ1) is 17.2. The summed E-state index contributed by atoms with van der Waals surface area (Å²) in [5, 5.41) is 17.9. The Balaban J connectivity index is 2.52. The molecule has 0 aliphatic carbocycles. The average Bonchev–Trinajstić information content (AvgIpc) is 2.45. The first-order chi connectivity index (χ1) is 10.5. The summed E-state index contributed by atoms with van der Waals surface area (Å²) in [5.41, 5.74) is -3.77. The molecule has 0 saturated carbocycles. The van der Waals surface area contributed by atoms with E-state index in [2.05, 4.69) is 9.97 Å². The second kappa shape index (κ2) is 5.82. The fraction of sp³-hybridized carbons (Fsp3) is 0.167. The molecule has 0 atom stereocenters. The van der Waals surface area contributed by atoms with Crippen molar-refractivity contribution < 1.29 is 36.4 Å². The van der Waals surface area contributed by atoms with Crippen LogP contribution in [-0.4, -0.2) is 27.1 Å². The molecule has 0 spiro atoms. The molecule has 2 rings (SSSR count). The van der Waals surface area contributed by atoms with Gasteiger partial charge >= 0.3 is 19.5 Å². The van der Waals surface area contributed by atoms with Gasteiger partial charge in [0.15, 0.2) is 5.72 Å². The summed E-state index contributed by atoms with van der Waals surface area (Å²) in [6, 6.07) is 3.73. The van der Waals surface area contributed by atoms with Crippen molar-refractivity contribution in [1.29, 1.82) is 0 Å². The van der Waals surface area contributed by atoms with Crippen molar-refractivity contribution >= 4 is 12.8 Å². The molecule has 0 aliphatic rings. The molecule has 0 unspecified atom stereocenters. The zero-order valence-electron chi connectivity index (χ0n) is 11.0. The molecule has 1 heterocycles. The Morgan fingerprint density at radius 3 is 1.83 bits per heavy atom. The van der Waals surface area contributed by atoms with Gasteiger partial charge in [0.25, 0.3) is 0 Å². The Kier molecular flexibility index (Phi) is 4.35. The van der Waals surface area contributed by atoms with E-state index < -0.39 is 36.5 Å². The highest BCUT2D eigenvalue weighted by molar-refractivity contribution is 6.56. The smallest absolute Gasteiger partial charge is 0.421 e. The normalized spacial score (nSPS) is 12.3. The van der Waals surface area contributed by atoms with Gasteiger partial charge in [-0.1, -0.05) is 12.1 Å². The van der Waals surface area contributed by atoms with Crippen molar-refractivity contribution in [3.8, 4) is 11.3 Å². The quantitative estimate of drug-likeness (QED) is 0.649. The number of halogens is 6. The van der Waals surface area contributed by atoms with Crippen LogP contribution < -0.4 is 5.72 Å². The lowest BCUT2D eigenvalue weighted by Crippen LogP contribution is -2.37. The van der Waals surface area contributed by atoms with Crippen LogP contribution in [0.15, 0.2) is 30.3 Å². The van der Waals surface area contributed by atoms with E-state index >= 15 is 0 Å². The molecular weight excluding hydrogens is 329 g/mol. The van der Waals surface area contributed by atoms with Gasteiger partial charge in [-0.3, -0.25) is 0 Å². The molecule has 0 radical (unpaired) electrons. The summed E-state index contributed by atoms with van der Waals surface area (Å²) in [5.74, 6) is 0. The highest BCUT2D eigenvalue weighted by Crippen LogP contribution is 2.32. The number of hydrogen-bond donors (Lipinski definition) is 2. The minimum absolute atomic E-state index is 0.0622. The zero-order valence-corrected chi connectivity index (χ0v) is 11.0. The molecule has 0 aliphatic heterocycles. The highest BCUT2D eigenvalue weighted by Gasteiger charge is 2.35. The second-order valence-corrected chi connectivity index (χ2v) is 4.44. The molecule has 0 amide bonds. The third kappa shape index (κ3) is 3.99. The molecule has 2 N–H and O–H groups in total. The van der Waals surface area contributed by atoms with Crippen LogP contribution in [0.3, 0.4) is 0 Å². The zero-order chi connectivity index (χ0) is 17.4. The van der Waals surface area contributed by atoms with Gasteiger partial charge in [0.2, 0.25) is 0 Å². The van der Waals surface area contributed by atoms with Crippen LogP contribution in [0, 0.1) is 0 Å². The van der Waals surface area contributed by atoms with Gasteiger partial charge in [0, 0.05) is 5.56 Å². The van der Waals surface area contributed by atoms with Crippen molar-refractivity contribution in [3.05, 3.63) is 41.6 Å². The molecule has 122 valence electrons. The molecular formula is C12H7BF6N2O2. The van der Waals surface area contributed by atoms with Crippen LogP contribution in [0.5, 0.6) is 0 Å². The Morgan fingerprint density at radius 1 is 0.826 bits per heavy atom. The molecule has 11 heteroatoms. The van der Waals surface area contributed by atoms with Crippen LogP contribution in [0.25, 0.3) is 11.3 Å². The second-order valence-electron chi connectivity index (χ2n) is 4.44.